The number of carboxylic acid groups (broad SMARTS) is 1. The summed E-state index contributed by atoms with van der Waals surface area (Å²) in [6, 6.07) is 0. The van der Waals surface area contributed by atoms with Gasteiger partial charge in [-0.15, -0.1) is 0 Å². The van der Waals surface area contributed by atoms with Crippen LogP contribution in [0.2, 0.25) is 0 Å². The first kappa shape index (κ1) is 12.1. The predicted octanol–water partition coefficient (Wildman–Crippen LogP) is -0.0628. The van der Waals surface area contributed by atoms with E-state index in [1.165, 1.54) is 6.92 Å². The van der Waals surface area contributed by atoms with Crippen molar-refractivity contribution in [3.05, 3.63) is 0 Å². The Morgan fingerprint density at radius 2 is 2.08 bits per heavy atom. The molecule has 0 aliphatic rings. The summed E-state index contributed by atoms with van der Waals surface area (Å²) in [7, 11) is 0. The molecule has 1 atom stereocenters. The largest absolute Gasteiger partial charge is 0.480 e. The zero-order chi connectivity index (χ0) is 10.5. The molecule has 0 radical (unpaired) electrons. The molecular weight excluding hydrogens is 170 g/mol. The summed E-state index contributed by atoms with van der Waals surface area (Å²) in [6.45, 7) is 1.93. The standard InChI is InChI=1S/C8H17N3O2/c1-6(10)8(11,7(12)13)4-2-3-5-9/h10H,2-5,9,11H2,1H3,(H,12,13). The molecule has 0 aliphatic heterocycles. The van der Waals surface area contributed by atoms with Gasteiger partial charge in [-0.2, -0.15) is 0 Å². The van der Waals surface area contributed by atoms with Crippen LogP contribution in [0, 0.1) is 5.41 Å². The molecule has 0 aliphatic carbocycles. The van der Waals surface area contributed by atoms with Crippen LogP contribution in [-0.2, 0) is 4.79 Å². The maximum atomic E-state index is 10.8. The lowest BCUT2D eigenvalue weighted by molar-refractivity contribution is -0.140. The third-order valence-electron chi connectivity index (χ3n) is 2.08. The summed E-state index contributed by atoms with van der Waals surface area (Å²) < 4.78 is 0. The highest BCUT2D eigenvalue weighted by Gasteiger charge is 2.35. The zero-order valence-corrected chi connectivity index (χ0v) is 7.84. The Balaban J connectivity index is 4.26. The van der Waals surface area contributed by atoms with Gasteiger partial charge in [-0.25, -0.2) is 4.79 Å². The van der Waals surface area contributed by atoms with Crippen molar-refractivity contribution in [1.82, 2.24) is 0 Å². The molecule has 0 heterocycles. The first-order valence-electron chi connectivity index (χ1n) is 4.23. The summed E-state index contributed by atoms with van der Waals surface area (Å²) >= 11 is 0. The fraction of sp³-hybridized carbons (Fsp3) is 0.750. The Bertz CT molecular complexity index is 190. The lowest BCUT2D eigenvalue weighted by atomic mass is 9.89. The molecule has 0 aromatic carbocycles. The molecule has 0 bridgehead atoms. The van der Waals surface area contributed by atoms with E-state index in [4.69, 9.17) is 22.0 Å². The first-order chi connectivity index (χ1) is 5.95. The highest BCUT2D eigenvalue weighted by molar-refractivity contribution is 6.07. The van der Waals surface area contributed by atoms with Crippen molar-refractivity contribution < 1.29 is 9.90 Å². The Kier molecular flexibility index (Phi) is 4.58. The monoisotopic (exact) mass is 187 g/mol. The molecule has 1 unspecified atom stereocenters. The predicted molar refractivity (Wildman–Crippen MR) is 50.9 cm³/mol. The van der Waals surface area contributed by atoms with E-state index in [0.717, 1.165) is 6.42 Å². The molecule has 0 aromatic rings. The smallest absolute Gasteiger partial charge is 0.329 e. The summed E-state index contributed by atoms with van der Waals surface area (Å²) in [5.41, 5.74) is 9.31. The highest BCUT2D eigenvalue weighted by Crippen LogP contribution is 2.13. The third kappa shape index (κ3) is 3.12. The first-order valence-corrected chi connectivity index (χ1v) is 4.23. The molecule has 0 fully saturated rings. The van der Waals surface area contributed by atoms with Gasteiger partial charge in [-0.05, 0) is 32.7 Å². The number of rotatable bonds is 6. The molecule has 0 spiro atoms. The van der Waals surface area contributed by atoms with Gasteiger partial charge in [0.05, 0.1) is 0 Å². The minimum Gasteiger partial charge on any atom is -0.480 e. The number of nitrogens with one attached hydrogen (secondary N) is 1. The summed E-state index contributed by atoms with van der Waals surface area (Å²) in [5.74, 6) is -1.14. The van der Waals surface area contributed by atoms with Crippen LogP contribution in [-0.4, -0.2) is 28.9 Å². The van der Waals surface area contributed by atoms with Crippen LogP contribution in [0.5, 0.6) is 0 Å². The van der Waals surface area contributed by atoms with Crippen LogP contribution in [0.25, 0.3) is 0 Å². The Hall–Kier alpha value is -0.940. The molecule has 76 valence electrons. The number of carboxylic acids is 1. The number of hydrogen-bond donors (Lipinski definition) is 4. The van der Waals surface area contributed by atoms with Crippen LogP contribution >= 0.6 is 0 Å². The molecule has 6 N–H and O–H groups in total. The minimum atomic E-state index is -1.50. The molecule has 5 heteroatoms. The van der Waals surface area contributed by atoms with Crippen molar-refractivity contribution in [3.63, 3.8) is 0 Å². The van der Waals surface area contributed by atoms with Gasteiger partial charge in [0.1, 0.15) is 0 Å². The van der Waals surface area contributed by atoms with Crippen molar-refractivity contribution in [2.75, 3.05) is 6.54 Å². The van der Waals surface area contributed by atoms with E-state index in [0.29, 0.717) is 13.0 Å². The number of hydrogen-bond acceptors (Lipinski definition) is 4. The van der Waals surface area contributed by atoms with Crippen LogP contribution in [0.3, 0.4) is 0 Å². The van der Waals surface area contributed by atoms with E-state index in [1.807, 2.05) is 0 Å². The maximum Gasteiger partial charge on any atom is 0.329 e. The molecule has 0 saturated carbocycles. The van der Waals surface area contributed by atoms with Gasteiger partial charge in [-0.3, -0.25) is 0 Å². The summed E-state index contributed by atoms with van der Waals surface area (Å²) in [5, 5.41) is 16.1. The van der Waals surface area contributed by atoms with Crippen LogP contribution in [0.4, 0.5) is 0 Å². The van der Waals surface area contributed by atoms with Crippen molar-refractivity contribution in [1.29, 1.82) is 5.41 Å². The van der Waals surface area contributed by atoms with Crippen LogP contribution in [0.15, 0.2) is 0 Å². The van der Waals surface area contributed by atoms with Gasteiger partial charge in [0.2, 0.25) is 0 Å². The second-order valence-electron chi connectivity index (χ2n) is 3.15. The molecule has 0 rings (SSSR count). The van der Waals surface area contributed by atoms with Gasteiger partial charge in [0, 0.05) is 5.71 Å². The normalized spacial score (nSPS) is 15.0. The number of aliphatic carboxylic acids is 1. The zero-order valence-electron chi connectivity index (χ0n) is 7.84. The third-order valence-corrected chi connectivity index (χ3v) is 2.08. The summed E-state index contributed by atoms with van der Waals surface area (Å²) in [6.07, 6.45) is 1.64. The molecule has 5 nitrogen and oxygen atoms in total. The van der Waals surface area contributed by atoms with Crippen LogP contribution in [0.1, 0.15) is 26.2 Å². The van der Waals surface area contributed by atoms with E-state index >= 15 is 0 Å². The SMILES string of the molecule is CC(=N)C(N)(CCCCN)C(=O)O. The molecule has 0 amide bonds. The van der Waals surface area contributed by atoms with Gasteiger partial charge >= 0.3 is 5.97 Å². The lowest BCUT2D eigenvalue weighted by Gasteiger charge is -2.23. The fourth-order valence-corrected chi connectivity index (χ4v) is 1.00. The van der Waals surface area contributed by atoms with E-state index < -0.39 is 11.5 Å². The highest BCUT2D eigenvalue weighted by atomic mass is 16.4. The van der Waals surface area contributed by atoms with E-state index in [1.54, 1.807) is 0 Å². The Morgan fingerprint density at radius 3 is 2.38 bits per heavy atom. The average molecular weight is 187 g/mol. The Labute approximate surface area is 77.6 Å². The summed E-state index contributed by atoms with van der Waals surface area (Å²) in [4.78, 5) is 10.8. The maximum absolute atomic E-state index is 10.8. The van der Waals surface area contributed by atoms with Gasteiger partial charge < -0.3 is 22.0 Å². The van der Waals surface area contributed by atoms with Gasteiger partial charge in [0.15, 0.2) is 5.54 Å². The topological polar surface area (TPSA) is 113 Å². The van der Waals surface area contributed by atoms with E-state index in [2.05, 4.69) is 0 Å². The lowest BCUT2D eigenvalue weighted by Crippen LogP contribution is -2.53. The Morgan fingerprint density at radius 1 is 1.54 bits per heavy atom. The second kappa shape index (κ2) is 4.94. The van der Waals surface area contributed by atoms with Gasteiger partial charge in [0.25, 0.3) is 0 Å². The molecule has 13 heavy (non-hydrogen) atoms. The molecule has 0 saturated heterocycles. The van der Waals surface area contributed by atoms with E-state index in [-0.39, 0.29) is 12.1 Å². The van der Waals surface area contributed by atoms with Crippen molar-refractivity contribution in [3.8, 4) is 0 Å². The van der Waals surface area contributed by atoms with Crippen molar-refractivity contribution in [2.45, 2.75) is 31.7 Å². The van der Waals surface area contributed by atoms with Crippen LogP contribution < -0.4 is 11.5 Å². The van der Waals surface area contributed by atoms with E-state index in [9.17, 15) is 4.79 Å². The van der Waals surface area contributed by atoms with Crippen molar-refractivity contribution in [2.24, 2.45) is 11.5 Å². The number of unbranched alkanes of at least 4 members (excludes halogenated alkanes) is 1. The molecule has 0 aromatic heterocycles. The van der Waals surface area contributed by atoms with Crippen molar-refractivity contribution >= 4 is 11.7 Å². The van der Waals surface area contributed by atoms with Gasteiger partial charge in [-0.1, -0.05) is 0 Å². The quantitative estimate of drug-likeness (QED) is 0.344. The number of carbonyl (C=O) groups is 1. The second-order valence-corrected chi connectivity index (χ2v) is 3.15. The number of nitrogens with two attached hydrogens (primary N) is 2. The molecular formula is C8H17N3O2. The minimum absolute atomic E-state index is 0.0166. The average Bonchev–Trinajstić information content (AvgIpc) is 2.03. The fourth-order valence-electron chi connectivity index (χ4n) is 1.00.